The number of hydrogen-bond donors (Lipinski definition) is 0. The lowest BCUT2D eigenvalue weighted by molar-refractivity contribution is 0.0197. The van der Waals surface area contributed by atoms with Gasteiger partial charge in [0, 0.05) is 31.2 Å². The standard InChI is InChI=1S/C32H45ClN6O5/c1-10-37(23-13-12-18-36(20-23)29(40)43-31(4,5)6)26-21(3)28(39-27(35-26)25(33)19-34-39)38(30(41)44-32(7,8)9)22-14-16-24(17-15-22)42-11-2/h14-17,19,23H,10-13,18,20H2,1-9H3/t23-/m0/s1. The van der Waals surface area contributed by atoms with Gasteiger partial charge in [0.15, 0.2) is 11.5 Å². The first kappa shape index (κ1) is 33.2. The monoisotopic (exact) mass is 628 g/mol. The van der Waals surface area contributed by atoms with Gasteiger partial charge in [0.25, 0.3) is 0 Å². The molecule has 0 bridgehead atoms. The molecule has 3 heterocycles. The zero-order valence-electron chi connectivity index (χ0n) is 27.3. The molecule has 12 heteroatoms. The summed E-state index contributed by atoms with van der Waals surface area (Å²) in [5.74, 6) is 1.78. The van der Waals surface area contributed by atoms with Crippen molar-refractivity contribution >= 4 is 46.8 Å². The Morgan fingerprint density at radius 3 is 2.30 bits per heavy atom. The first-order chi connectivity index (χ1) is 20.6. The highest BCUT2D eigenvalue weighted by Gasteiger charge is 2.35. The van der Waals surface area contributed by atoms with E-state index in [1.807, 2.05) is 86.6 Å². The second-order valence-corrected chi connectivity index (χ2v) is 13.3. The molecule has 0 saturated carbocycles. The summed E-state index contributed by atoms with van der Waals surface area (Å²) in [7, 11) is 0. The van der Waals surface area contributed by atoms with Crippen molar-refractivity contribution in [2.24, 2.45) is 0 Å². The molecule has 44 heavy (non-hydrogen) atoms. The molecule has 0 N–H and O–H groups in total. The maximum atomic E-state index is 14.0. The number of likely N-dealkylation sites (tertiary alicyclic amines) is 1. The van der Waals surface area contributed by atoms with Gasteiger partial charge in [0.1, 0.15) is 27.8 Å². The van der Waals surface area contributed by atoms with Crippen molar-refractivity contribution in [3.05, 3.63) is 41.0 Å². The number of anilines is 3. The highest BCUT2D eigenvalue weighted by Crippen LogP contribution is 2.38. The van der Waals surface area contributed by atoms with Gasteiger partial charge >= 0.3 is 12.2 Å². The van der Waals surface area contributed by atoms with Crippen LogP contribution in [0.3, 0.4) is 0 Å². The van der Waals surface area contributed by atoms with Crippen molar-refractivity contribution in [3.8, 4) is 5.75 Å². The number of rotatable bonds is 7. The fraction of sp³-hybridized carbons (Fsp3) is 0.562. The molecule has 3 aromatic rings. The summed E-state index contributed by atoms with van der Waals surface area (Å²) in [6.45, 7) is 19.2. The number of benzene rings is 1. The number of halogens is 1. The van der Waals surface area contributed by atoms with Gasteiger partial charge < -0.3 is 24.0 Å². The largest absolute Gasteiger partial charge is 0.494 e. The molecular formula is C32H45ClN6O5. The summed E-state index contributed by atoms with van der Waals surface area (Å²) in [5, 5.41) is 4.87. The molecule has 2 aromatic heterocycles. The highest BCUT2D eigenvalue weighted by atomic mass is 35.5. The predicted octanol–water partition coefficient (Wildman–Crippen LogP) is 7.39. The normalized spacial score (nSPS) is 15.7. The molecule has 0 spiro atoms. The number of carbonyl (C=O) groups is 2. The quantitative estimate of drug-likeness (QED) is 0.267. The molecule has 240 valence electrons. The summed E-state index contributed by atoms with van der Waals surface area (Å²) >= 11 is 6.64. The minimum Gasteiger partial charge on any atom is -0.494 e. The van der Waals surface area contributed by atoms with Gasteiger partial charge in [-0.2, -0.15) is 9.61 Å². The van der Waals surface area contributed by atoms with E-state index < -0.39 is 17.3 Å². The fourth-order valence-corrected chi connectivity index (χ4v) is 5.49. The van der Waals surface area contributed by atoms with E-state index in [1.54, 1.807) is 9.42 Å². The number of piperidine rings is 1. The van der Waals surface area contributed by atoms with E-state index in [0.29, 0.717) is 65.5 Å². The summed E-state index contributed by atoms with van der Waals surface area (Å²) in [5.41, 5.74) is 0.326. The Hall–Kier alpha value is -3.73. The van der Waals surface area contributed by atoms with Gasteiger partial charge in [-0.3, -0.25) is 0 Å². The average molecular weight is 629 g/mol. The molecule has 0 unspecified atom stereocenters. The second-order valence-electron chi connectivity index (χ2n) is 12.9. The molecule has 0 aliphatic carbocycles. The first-order valence-electron chi connectivity index (χ1n) is 15.2. The topological polar surface area (TPSA) is 102 Å². The van der Waals surface area contributed by atoms with Crippen LogP contribution in [0.2, 0.25) is 5.02 Å². The van der Waals surface area contributed by atoms with Crippen molar-refractivity contribution in [2.75, 3.05) is 36.0 Å². The molecule has 1 aliphatic heterocycles. The van der Waals surface area contributed by atoms with Crippen molar-refractivity contribution in [3.63, 3.8) is 0 Å². The van der Waals surface area contributed by atoms with E-state index >= 15 is 0 Å². The Bertz CT molecular complexity index is 1480. The first-order valence-corrected chi connectivity index (χ1v) is 15.6. The lowest BCUT2D eigenvalue weighted by atomic mass is 10.0. The van der Waals surface area contributed by atoms with Crippen molar-refractivity contribution in [1.29, 1.82) is 0 Å². The van der Waals surface area contributed by atoms with Crippen molar-refractivity contribution < 1.29 is 23.8 Å². The van der Waals surface area contributed by atoms with Crippen LogP contribution in [0.4, 0.5) is 26.9 Å². The van der Waals surface area contributed by atoms with Gasteiger partial charge in [0.05, 0.1) is 18.5 Å². The second kappa shape index (κ2) is 13.1. The van der Waals surface area contributed by atoms with E-state index in [0.717, 1.165) is 12.8 Å². The number of hydrogen-bond acceptors (Lipinski definition) is 8. The molecule has 4 rings (SSSR count). The zero-order chi connectivity index (χ0) is 32.4. The van der Waals surface area contributed by atoms with Crippen LogP contribution in [-0.2, 0) is 9.47 Å². The van der Waals surface area contributed by atoms with Crippen molar-refractivity contribution in [1.82, 2.24) is 19.5 Å². The molecule has 0 radical (unpaired) electrons. The number of nitrogens with zero attached hydrogens (tertiary/aromatic N) is 6. The van der Waals surface area contributed by atoms with E-state index in [-0.39, 0.29) is 12.1 Å². The Morgan fingerprint density at radius 1 is 1.05 bits per heavy atom. The number of carbonyl (C=O) groups excluding carboxylic acids is 2. The molecule has 11 nitrogen and oxygen atoms in total. The van der Waals surface area contributed by atoms with Gasteiger partial charge in [-0.05, 0) is 99.4 Å². The number of aromatic nitrogens is 3. The molecule has 1 aliphatic rings. The van der Waals surface area contributed by atoms with Crippen LogP contribution in [0.5, 0.6) is 5.75 Å². The fourth-order valence-electron chi connectivity index (χ4n) is 5.33. The van der Waals surface area contributed by atoms with E-state index in [9.17, 15) is 9.59 Å². The van der Waals surface area contributed by atoms with Crippen molar-refractivity contribution in [2.45, 2.75) is 92.4 Å². The zero-order valence-corrected chi connectivity index (χ0v) is 28.1. The van der Waals surface area contributed by atoms with E-state index in [1.165, 1.54) is 11.1 Å². The number of amides is 2. The third-order valence-electron chi connectivity index (χ3n) is 7.08. The molecule has 1 saturated heterocycles. The number of likely N-dealkylation sites (N-methyl/N-ethyl adjacent to an activating group) is 1. The van der Waals surface area contributed by atoms with E-state index in [4.69, 9.17) is 30.8 Å². The SMILES string of the molecule is CCOc1ccc(N(C(=O)OC(C)(C)C)c2c(C)c(N(CC)[C@H]3CCCN(C(=O)OC(C)(C)C)C3)nc3c(Cl)cnn23)cc1. The van der Waals surface area contributed by atoms with Crippen LogP contribution in [0, 0.1) is 6.92 Å². The molecule has 1 fully saturated rings. The Morgan fingerprint density at radius 2 is 1.70 bits per heavy atom. The molecular weight excluding hydrogens is 584 g/mol. The maximum Gasteiger partial charge on any atom is 0.420 e. The summed E-state index contributed by atoms with van der Waals surface area (Å²) < 4.78 is 18.8. The average Bonchev–Trinajstić information content (AvgIpc) is 3.30. The Labute approximate surface area is 265 Å². The van der Waals surface area contributed by atoms with Gasteiger partial charge in [0.2, 0.25) is 0 Å². The number of fused-ring (bicyclic) bond motifs is 1. The molecule has 2 amide bonds. The lowest BCUT2D eigenvalue weighted by Crippen LogP contribution is -2.51. The lowest BCUT2D eigenvalue weighted by Gasteiger charge is -2.40. The maximum absolute atomic E-state index is 14.0. The summed E-state index contributed by atoms with van der Waals surface area (Å²) in [6.07, 6.45) is 2.29. The van der Waals surface area contributed by atoms with Crippen LogP contribution in [-0.4, -0.2) is 75.2 Å². The molecule has 1 atom stereocenters. The third kappa shape index (κ3) is 7.49. The summed E-state index contributed by atoms with van der Waals surface area (Å²) in [6, 6.07) is 7.20. The van der Waals surface area contributed by atoms with Crippen LogP contribution in [0.25, 0.3) is 5.65 Å². The van der Waals surface area contributed by atoms with Crippen LogP contribution in [0.1, 0.15) is 73.8 Å². The van der Waals surface area contributed by atoms with Gasteiger partial charge in [-0.25, -0.2) is 19.5 Å². The van der Waals surface area contributed by atoms with Gasteiger partial charge in [-0.1, -0.05) is 11.6 Å². The minimum atomic E-state index is -0.756. The van der Waals surface area contributed by atoms with Gasteiger partial charge in [-0.15, -0.1) is 0 Å². The minimum absolute atomic E-state index is 0.0371. The molecule has 1 aromatic carbocycles. The smallest absolute Gasteiger partial charge is 0.420 e. The summed E-state index contributed by atoms with van der Waals surface area (Å²) in [4.78, 5) is 37.4. The van der Waals surface area contributed by atoms with Crippen LogP contribution in [0.15, 0.2) is 30.5 Å². The Balaban J connectivity index is 1.84. The van der Waals surface area contributed by atoms with Crippen LogP contribution < -0.4 is 14.5 Å². The Kier molecular flexibility index (Phi) is 9.87. The number of ether oxygens (including phenoxy) is 3. The highest BCUT2D eigenvalue weighted by molar-refractivity contribution is 6.33. The van der Waals surface area contributed by atoms with E-state index in [2.05, 4.69) is 10.00 Å². The van der Waals surface area contributed by atoms with Crippen LogP contribution >= 0.6 is 11.6 Å². The predicted molar refractivity (Wildman–Crippen MR) is 173 cm³/mol. The third-order valence-corrected chi connectivity index (χ3v) is 7.35.